The molecule has 0 saturated carbocycles. The van der Waals surface area contributed by atoms with Gasteiger partial charge in [-0.15, -0.1) is 15.7 Å². The number of benzene rings is 1. The Morgan fingerprint density at radius 1 is 1.23 bits per heavy atom. The van der Waals surface area contributed by atoms with Crippen molar-refractivity contribution in [2.75, 3.05) is 20.2 Å². The van der Waals surface area contributed by atoms with Gasteiger partial charge in [0.05, 0.1) is 18.0 Å². The van der Waals surface area contributed by atoms with E-state index in [1.54, 1.807) is 71.2 Å². The maximum Gasteiger partial charge on any atom is 0.408 e. The van der Waals surface area contributed by atoms with Crippen LogP contribution in [0, 0.1) is 26.7 Å². The fourth-order valence-electron chi connectivity index (χ4n) is 4.76. The largest absolute Gasteiger partial charge is 0.496 e. The summed E-state index contributed by atoms with van der Waals surface area (Å²) in [5.41, 5.74) is 7.31. The number of nitrogens with two attached hydrogens (primary N) is 1. The Morgan fingerprint density at radius 3 is 2.42 bits per heavy atom. The van der Waals surface area contributed by atoms with Crippen LogP contribution < -0.4 is 15.8 Å². The van der Waals surface area contributed by atoms with Crippen LogP contribution in [0.25, 0.3) is 0 Å². The first-order valence-corrected chi connectivity index (χ1v) is 15.4. The molecule has 40 heavy (non-hydrogen) atoms. The van der Waals surface area contributed by atoms with Gasteiger partial charge in [-0.05, 0) is 89.5 Å². The van der Waals surface area contributed by atoms with E-state index < -0.39 is 27.8 Å². The number of nitrogens with one attached hydrogen (secondary N) is 1. The molecule has 2 heterocycles. The second-order valence-corrected chi connectivity index (χ2v) is 13.4. The maximum absolute atomic E-state index is 13.2. The van der Waals surface area contributed by atoms with Crippen LogP contribution in [0.2, 0.25) is 0 Å². The van der Waals surface area contributed by atoms with E-state index in [1.165, 1.54) is 11.3 Å². The molecule has 1 atom stereocenters. The molecule has 0 spiro atoms. The number of ether oxygens (including phenoxy) is 2. The summed E-state index contributed by atoms with van der Waals surface area (Å²) in [6.45, 7) is 11.4. The summed E-state index contributed by atoms with van der Waals surface area (Å²) in [5, 5.41) is 4.75. The van der Waals surface area contributed by atoms with Crippen LogP contribution >= 0.6 is 11.3 Å². The van der Waals surface area contributed by atoms with Crippen LogP contribution in [0.15, 0.2) is 26.9 Å². The molecule has 0 aliphatic carbocycles. The predicted octanol–water partition coefficient (Wildman–Crippen LogP) is 3.96. The molecule has 220 valence electrons. The Bertz CT molecular complexity index is 1360. The fourth-order valence-corrected chi connectivity index (χ4v) is 6.85. The van der Waals surface area contributed by atoms with E-state index in [1.807, 2.05) is 0 Å². The maximum atomic E-state index is 13.2. The summed E-state index contributed by atoms with van der Waals surface area (Å²) in [6, 6.07) is 0.884. The number of likely N-dealkylation sites (tertiary alicyclic amines) is 1. The zero-order valence-electron chi connectivity index (χ0n) is 24.1. The molecule has 1 aliphatic rings. The summed E-state index contributed by atoms with van der Waals surface area (Å²) in [7, 11) is -2.52. The number of rotatable bonds is 8. The first kappa shape index (κ1) is 31.3. The minimum atomic E-state index is -4.06. The van der Waals surface area contributed by atoms with Crippen molar-refractivity contribution in [3.8, 4) is 5.75 Å². The van der Waals surface area contributed by atoms with Crippen molar-refractivity contribution in [1.29, 1.82) is 0 Å². The Balaban J connectivity index is 1.71. The third kappa shape index (κ3) is 7.72. The molecule has 2 aromatic rings. The van der Waals surface area contributed by atoms with E-state index in [2.05, 4.69) is 14.7 Å². The zero-order valence-corrected chi connectivity index (χ0v) is 25.7. The van der Waals surface area contributed by atoms with Crippen LogP contribution in [0.1, 0.15) is 66.5 Å². The lowest BCUT2D eigenvalue weighted by molar-refractivity contribution is 0.0479. The molecule has 1 saturated heterocycles. The van der Waals surface area contributed by atoms with E-state index in [0.717, 1.165) is 5.56 Å². The number of methoxy groups -OCH3 is 1. The predicted molar refractivity (Wildman–Crippen MR) is 155 cm³/mol. The van der Waals surface area contributed by atoms with Gasteiger partial charge in [0, 0.05) is 24.7 Å². The lowest BCUT2D eigenvalue weighted by Crippen LogP contribution is -2.47. The minimum Gasteiger partial charge on any atom is -0.496 e. The Labute approximate surface area is 240 Å². The van der Waals surface area contributed by atoms with Crippen LogP contribution in [-0.4, -0.2) is 68.0 Å². The SMILES string of the molecule is COc1cc(C)c(S(=O)(=O)/N=C(\N)N2CCC(C[C@H](NC(=O)OC(C)(C)C)C(=O)c3nccs3)CC2)c(C)c1C. The molecule has 1 amide bonds. The van der Waals surface area contributed by atoms with E-state index in [-0.39, 0.29) is 22.6 Å². The molecular formula is C27H39N5O6S2. The average molecular weight is 594 g/mol. The molecule has 0 unspecified atom stereocenters. The normalized spacial score (nSPS) is 16.0. The average Bonchev–Trinajstić information content (AvgIpc) is 3.39. The van der Waals surface area contributed by atoms with Crippen molar-refractivity contribution in [3.63, 3.8) is 0 Å². The lowest BCUT2D eigenvalue weighted by atomic mass is 9.89. The molecule has 1 aromatic heterocycles. The van der Waals surface area contributed by atoms with Crippen molar-refractivity contribution in [2.45, 2.75) is 77.3 Å². The van der Waals surface area contributed by atoms with Crippen LogP contribution in [0.3, 0.4) is 0 Å². The van der Waals surface area contributed by atoms with Gasteiger partial charge in [-0.2, -0.15) is 8.42 Å². The molecule has 1 aromatic carbocycles. The number of sulfonamides is 1. The van der Waals surface area contributed by atoms with Gasteiger partial charge >= 0.3 is 6.09 Å². The first-order chi connectivity index (χ1) is 18.6. The summed E-state index contributed by atoms with van der Waals surface area (Å²) in [4.78, 5) is 31.6. The van der Waals surface area contributed by atoms with Crippen LogP contribution in [0.4, 0.5) is 4.79 Å². The van der Waals surface area contributed by atoms with Gasteiger partial charge in [0.1, 0.15) is 11.4 Å². The number of piperidine rings is 1. The molecule has 11 nitrogen and oxygen atoms in total. The van der Waals surface area contributed by atoms with Crippen molar-refractivity contribution < 1.29 is 27.5 Å². The molecule has 0 radical (unpaired) electrons. The van der Waals surface area contributed by atoms with Gasteiger partial charge in [-0.3, -0.25) is 4.79 Å². The molecule has 3 N–H and O–H groups in total. The molecular weight excluding hydrogens is 554 g/mol. The fraction of sp³-hybridized carbons (Fsp3) is 0.556. The number of Topliss-reactive ketones (excluding diaryl/α,β-unsaturated/α-hetero) is 1. The number of hydrogen-bond acceptors (Lipinski definition) is 8. The number of hydrogen-bond donors (Lipinski definition) is 2. The Morgan fingerprint density at radius 2 is 1.88 bits per heavy atom. The third-order valence-corrected chi connectivity index (χ3v) is 9.19. The quantitative estimate of drug-likeness (QED) is 0.263. The number of nitrogens with zero attached hydrogens (tertiary/aromatic N) is 3. The second-order valence-electron chi connectivity index (χ2n) is 11.0. The van der Waals surface area contributed by atoms with Gasteiger partial charge in [-0.25, -0.2) is 9.78 Å². The highest BCUT2D eigenvalue weighted by molar-refractivity contribution is 7.90. The van der Waals surface area contributed by atoms with Crippen molar-refractivity contribution in [3.05, 3.63) is 39.3 Å². The highest BCUT2D eigenvalue weighted by Gasteiger charge is 2.32. The smallest absolute Gasteiger partial charge is 0.408 e. The summed E-state index contributed by atoms with van der Waals surface area (Å²) < 4.78 is 41.2. The standard InChI is InChI=1S/C27H39N5O6S2/c1-16-14-21(37-7)17(2)18(3)23(16)40(35,36)31-25(28)32-11-8-19(9-12-32)15-20(22(33)24-29-10-13-39-24)30-26(34)38-27(4,5)6/h10,13-14,19-20H,8-9,11-12,15H2,1-7H3,(H2,28,31)(H,30,34)/t20-/m0/s1. The van der Waals surface area contributed by atoms with Crippen molar-refractivity contribution in [1.82, 2.24) is 15.2 Å². The Kier molecular flexibility index (Phi) is 9.83. The van der Waals surface area contributed by atoms with Gasteiger partial charge in [0.25, 0.3) is 10.0 Å². The number of ketones is 1. The first-order valence-electron chi connectivity index (χ1n) is 13.1. The van der Waals surface area contributed by atoms with Gasteiger partial charge in [0.2, 0.25) is 11.7 Å². The summed E-state index contributed by atoms with van der Waals surface area (Å²) >= 11 is 1.22. The number of aryl methyl sites for hydroxylation is 1. The monoisotopic (exact) mass is 593 g/mol. The van der Waals surface area contributed by atoms with Crippen LogP contribution in [0.5, 0.6) is 5.75 Å². The van der Waals surface area contributed by atoms with Gasteiger partial charge < -0.3 is 25.4 Å². The van der Waals surface area contributed by atoms with E-state index in [9.17, 15) is 18.0 Å². The molecule has 1 fully saturated rings. The number of guanidine groups is 1. The van der Waals surface area contributed by atoms with Crippen molar-refractivity contribution in [2.24, 2.45) is 16.0 Å². The summed E-state index contributed by atoms with van der Waals surface area (Å²) in [5.74, 6) is 0.350. The molecule has 1 aliphatic heterocycles. The van der Waals surface area contributed by atoms with E-state index in [0.29, 0.717) is 54.2 Å². The van der Waals surface area contributed by atoms with E-state index >= 15 is 0 Å². The lowest BCUT2D eigenvalue weighted by Gasteiger charge is -2.34. The third-order valence-electron chi connectivity index (χ3n) is 6.83. The number of alkyl carbamates (subject to hydrolysis) is 1. The topological polar surface area (TPSA) is 153 Å². The van der Waals surface area contributed by atoms with Crippen molar-refractivity contribution >= 4 is 39.2 Å². The number of amides is 1. The highest BCUT2D eigenvalue weighted by Crippen LogP contribution is 2.32. The minimum absolute atomic E-state index is 0.0759. The number of aromatic nitrogens is 1. The number of carbonyl (C=O) groups is 2. The second kappa shape index (κ2) is 12.5. The Hall–Kier alpha value is -3.19. The van der Waals surface area contributed by atoms with Gasteiger partial charge in [-0.1, -0.05) is 0 Å². The molecule has 13 heteroatoms. The number of thiazole rings is 1. The molecule has 0 bridgehead atoms. The van der Waals surface area contributed by atoms with E-state index in [4.69, 9.17) is 15.2 Å². The molecule has 3 rings (SSSR count). The zero-order chi connectivity index (χ0) is 29.8. The summed E-state index contributed by atoms with van der Waals surface area (Å²) in [6.07, 6.45) is 2.54. The number of carbonyl (C=O) groups excluding carboxylic acids is 2. The van der Waals surface area contributed by atoms with Crippen LogP contribution in [-0.2, 0) is 14.8 Å². The van der Waals surface area contributed by atoms with Gasteiger partial charge in [0.15, 0.2) is 5.01 Å². The highest BCUT2D eigenvalue weighted by atomic mass is 32.2.